The normalized spacial score (nSPS) is 29.4. The van der Waals surface area contributed by atoms with Crippen LogP contribution in [0.3, 0.4) is 0 Å². The van der Waals surface area contributed by atoms with Crippen molar-refractivity contribution in [3.63, 3.8) is 0 Å². The number of carbonyl (C=O) groups is 1. The Morgan fingerprint density at radius 1 is 1.15 bits per heavy atom. The second kappa shape index (κ2) is 9.77. The Morgan fingerprint density at radius 2 is 1.85 bits per heavy atom. The van der Waals surface area contributed by atoms with Gasteiger partial charge in [0.15, 0.2) is 6.29 Å². The lowest BCUT2D eigenvalue weighted by Crippen LogP contribution is -2.59. The first-order valence-corrected chi connectivity index (χ1v) is 8.24. The number of aliphatic hydroxyl groups is 4. The van der Waals surface area contributed by atoms with E-state index in [1.165, 1.54) is 0 Å². The van der Waals surface area contributed by atoms with Crippen LogP contribution in [-0.4, -0.2) is 76.9 Å². The van der Waals surface area contributed by atoms with E-state index in [0.29, 0.717) is 5.56 Å². The van der Waals surface area contributed by atoms with Crippen molar-refractivity contribution in [2.45, 2.75) is 37.6 Å². The van der Waals surface area contributed by atoms with E-state index < -0.39 is 43.3 Å². The van der Waals surface area contributed by atoms with Crippen LogP contribution in [0.25, 0.3) is 0 Å². The molecule has 2 rings (SSSR count). The van der Waals surface area contributed by atoms with E-state index in [4.69, 9.17) is 19.3 Å². The van der Waals surface area contributed by atoms with Crippen LogP contribution in [0, 0.1) is 0 Å². The summed E-state index contributed by atoms with van der Waals surface area (Å²) in [6.45, 7) is 1.33. The Bertz CT molecular complexity index is 600. The minimum Gasteiger partial charge on any atom is -0.458 e. The quantitative estimate of drug-likeness (QED) is 0.379. The minimum atomic E-state index is -1.48. The molecule has 1 heterocycles. The number of aliphatic hydroxyl groups excluding tert-OH is 4. The molecule has 1 fully saturated rings. The van der Waals surface area contributed by atoms with Crippen molar-refractivity contribution in [1.29, 1.82) is 0 Å². The number of hydrogen-bond donors (Lipinski definition) is 4. The highest BCUT2D eigenvalue weighted by atomic mass is 16.7. The van der Waals surface area contributed by atoms with Crippen LogP contribution in [0.2, 0.25) is 0 Å². The summed E-state index contributed by atoms with van der Waals surface area (Å²) in [6, 6.07) is 8.60. The summed E-state index contributed by atoms with van der Waals surface area (Å²) in [6.07, 6.45) is -4.93. The highest BCUT2D eigenvalue weighted by molar-refractivity contribution is 5.89. The van der Waals surface area contributed by atoms with Gasteiger partial charge in [0, 0.05) is 0 Å². The molecule has 0 unspecified atom stereocenters. The van der Waals surface area contributed by atoms with Crippen LogP contribution < -0.4 is 0 Å². The first-order valence-electron chi connectivity index (χ1n) is 8.24. The second-order valence-electron chi connectivity index (χ2n) is 6.02. The van der Waals surface area contributed by atoms with Gasteiger partial charge in [-0.1, -0.05) is 24.3 Å². The number of benzene rings is 1. The lowest BCUT2D eigenvalue weighted by atomic mass is 9.99. The topological polar surface area (TPSA) is 126 Å². The smallest absolute Gasteiger partial charge is 0.338 e. The third kappa shape index (κ3) is 5.34. The average Bonchev–Trinajstić information content (AvgIpc) is 2.66. The predicted octanol–water partition coefficient (Wildman–Crippen LogP) is -0.394. The fourth-order valence-corrected chi connectivity index (χ4v) is 2.39. The zero-order valence-corrected chi connectivity index (χ0v) is 14.4. The van der Waals surface area contributed by atoms with Crippen LogP contribution in [-0.2, 0) is 14.2 Å². The lowest BCUT2D eigenvalue weighted by molar-refractivity contribution is -0.298. The molecule has 1 aromatic carbocycles. The van der Waals surface area contributed by atoms with Gasteiger partial charge < -0.3 is 34.6 Å². The van der Waals surface area contributed by atoms with E-state index in [9.17, 15) is 20.1 Å². The van der Waals surface area contributed by atoms with E-state index in [1.807, 2.05) is 0 Å². The maximum absolute atomic E-state index is 11.8. The van der Waals surface area contributed by atoms with Crippen LogP contribution >= 0.6 is 0 Å². The Labute approximate surface area is 151 Å². The van der Waals surface area contributed by atoms with Gasteiger partial charge in [0.25, 0.3) is 0 Å². The first kappa shape index (κ1) is 20.5. The summed E-state index contributed by atoms with van der Waals surface area (Å²) in [5, 5.41) is 38.4. The summed E-state index contributed by atoms with van der Waals surface area (Å²) in [7, 11) is 0. The number of ether oxygens (including phenoxy) is 3. The molecule has 0 aromatic heterocycles. The van der Waals surface area contributed by atoms with Gasteiger partial charge in [-0.3, -0.25) is 0 Å². The molecular formula is C18H24O8. The third-order valence-corrected chi connectivity index (χ3v) is 3.98. The van der Waals surface area contributed by atoms with Crippen molar-refractivity contribution in [2.24, 2.45) is 0 Å². The zero-order valence-electron chi connectivity index (χ0n) is 14.4. The van der Waals surface area contributed by atoms with Gasteiger partial charge in [-0.15, -0.1) is 0 Å². The molecule has 0 bridgehead atoms. The monoisotopic (exact) mass is 368 g/mol. The highest BCUT2D eigenvalue weighted by Gasteiger charge is 2.43. The van der Waals surface area contributed by atoms with E-state index in [1.54, 1.807) is 43.3 Å². The first-order chi connectivity index (χ1) is 12.4. The molecule has 1 aliphatic rings. The Hall–Kier alpha value is -1.81. The molecule has 5 atom stereocenters. The molecule has 1 aliphatic heterocycles. The summed E-state index contributed by atoms with van der Waals surface area (Å²) < 4.78 is 15.7. The molecule has 26 heavy (non-hydrogen) atoms. The molecule has 8 nitrogen and oxygen atoms in total. The molecule has 144 valence electrons. The van der Waals surface area contributed by atoms with E-state index in [2.05, 4.69) is 0 Å². The molecule has 0 saturated carbocycles. The van der Waals surface area contributed by atoms with E-state index >= 15 is 0 Å². The summed E-state index contributed by atoms with van der Waals surface area (Å²) in [4.78, 5) is 11.8. The maximum atomic E-state index is 11.8. The Kier molecular flexibility index (Phi) is 7.70. The number of esters is 1. The molecule has 0 amide bonds. The van der Waals surface area contributed by atoms with Crippen LogP contribution in [0.15, 0.2) is 42.0 Å². The highest BCUT2D eigenvalue weighted by Crippen LogP contribution is 2.21. The van der Waals surface area contributed by atoms with Crippen LogP contribution in [0.4, 0.5) is 0 Å². The van der Waals surface area contributed by atoms with Crippen molar-refractivity contribution in [2.75, 3.05) is 19.8 Å². The van der Waals surface area contributed by atoms with Gasteiger partial charge in [-0.25, -0.2) is 4.79 Å². The van der Waals surface area contributed by atoms with Gasteiger partial charge in [0.2, 0.25) is 0 Å². The lowest BCUT2D eigenvalue weighted by Gasteiger charge is -2.39. The van der Waals surface area contributed by atoms with Crippen molar-refractivity contribution in [3.05, 3.63) is 47.5 Å². The number of rotatable bonds is 7. The van der Waals surface area contributed by atoms with Crippen LogP contribution in [0.1, 0.15) is 17.3 Å². The molecule has 8 heteroatoms. The number of hydrogen-bond acceptors (Lipinski definition) is 8. The van der Waals surface area contributed by atoms with Gasteiger partial charge in [-0.2, -0.15) is 0 Å². The predicted molar refractivity (Wildman–Crippen MR) is 90.2 cm³/mol. The van der Waals surface area contributed by atoms with Crippen molar-refractivity contribution < 1.29 is 39.4 Å². The molecule has 1 saturated heterocycles. The average molecular weight is 368 g/mol. The zero-order chi connectivity index (χ0) is 19.1. The second-order valence-corrected chi connectivity index (χ2v) is 6.02. The van der Waals surface area contributed by atoms with Gasteiger partial charge in [0.05, 0.1) is 18.8 Å². The van der Waals surface area contributed by atoms with Gasteiger partial charge in [-0.05, 0) is 24.6 Å². The Balaban J connectivity index is 1.79. The molecule has 1 aromatic rings. The standard InChI is InChI=1S/C18H24O8/c1-11(10-25-17(23)12-5-3-2-4-6-12)7-8-24-18-16(22)15(21)14(20)13(9-19)26-18/h2-7,13-16,18-22H,8-10H2,1H3/b11-7+/t13-,14-,15+,16-,18-/m1/s1. The van der Waals surface area contributed by atoms with E-state index in [-0.39, 0.29) is 13.2 Å². The summed E-state index contributed by atoms with van der Waals surface area (Å²) in [5.74, 6) is -0.437. The maximum Gasteiger partial charge on any atom is 0.338 e. The molecule has 4 N–H and O–H groups in total. The molecule has 0 aliphatic carbocycles. The molecule has 0 spiro atoms. The molecule has 0 radical (unpaired) electrons. The molecular weight excluding hydrogens is 344 g/mol. The summed E-state index contributed by atoms with van der Waals surface area (Å²) >= 11 is 0. The SMILES string of the molecule is C/C(=C\CO[C@@H]1O[C@H](CO)[C@@H](O)[C@H](O)[C@H]1O)COC(=O)c1ccccc1. The third-order valence-electron chi connectivity index (χ3n) is 3.98. The minimum absolute atomic E-state index is 0.0252. The number of carbonyl (C=O) groups excluding carboxylic acids is 1. The summed E-state index contributed by atoms with van der Waals surface area (Å²) in [5.41, 5.74) is 1.18. The van der Waals surface area contributed by atoms with Crippen molar-refractivity contribution in [3.8, 4) is 0 Å². The largest absolute Gasteiger partial charge is 0.458 e. The van der Waals surface area contributed by atoms with Crippen molar-refractivity contribution in [1.82, 2.24) is 0 Å². The van der Waals surface area contributed by atoms with Gasteiger partial charge >= 0.3 is 5.97 Å². The van der Waals surface area contributed by atoms with E-state index in [0.717, 1.165) is 5.57 Å². The van der Waals surface area contributed by atoms with Crippen LogP contribution in [0.5, 0.6) is 0 Å². The fraction of sp³-hybridized carbons (Fsp3) is 0.500. The van der Waals surface area contributed by atoms with Crippen molar-refractivity contribution >= 4 is 5.97 Å². The Morgan fingerprint density at radius 3 is 2.50 bits per heavy atom. The van der Waals surface area contributed by atoms with Gasteiger partial charge in [0.1, 0.15) is 31.0 Å². The fourth-order valence-electron chi connectivity index (χ4n) is 2.39.